The molecule has 0 aliphatic carbocycles. The van der Waals surface area contributed by atoms with Gasteiger partial charge in [-0.05, 0) is 16.5 Å². The van der Waals surface area contributed by atoms with Crippen molar-refractivity contribution in [3.63, 3.8) is 0 Å². The highest BCUT2D eigenvalue weighted by Crippen LogP contribution is 2.24. The van der Waals surface area contributed by atoms with Gasteiger partial charge < -0.3 is 16.6 Å². The molecule has 0 aliphatic rings. The second-order valence-corrected chi connectivity index (χ2v) is 5.26. The Bertz CT molecular complexity index is 393. The summed E-state index contributed by atoms with van der Waals surface area (Å²) in [6, 6.07) is 5.85. The van der Waals surface area contributed by atoms with Crippen LogP contribution in [-0.2, 0) is 10.2 Å². The number of carbonyl (C=O) groups is 1. The van der Waals surface area contributed by atoms with E-state index in [0.717, 1.165) is 5.56 Å². The Morgan fingerprint density at radius 1 is 1.18 bits per heavy atom. The van der Waals surface area contributed by atoms with Crippen LogP contribution >= 0.6 is 0 Å². The Labute approximate surface area is 102 Å². The van der Waals surface area contributed by atoms with Gasteiger partial charge in [0.25, 0.3) is 0 Å². The topological polar surface area (TPSA) is 89.3 Å². The van der Waals surface area contributed by atoms with Gasteiger partial charge in [0.15, 0.2) is 0 Å². The molecule has 0 saturated heterocycles. The second kappa shape index (κ2) is 4.85. The van der Waals surface area contributed by atoms with E-state index in [0.29, 0.717) is 0 Å². The lowest BCUT2D eigenvalue weighted by Gasteiger charge is -2.21. The highest BCUT2D eigenvalue weighted by Gasteiger charge is 2.22. The van der Waals surface area contributed by atoms with Crippen LogP contribution in [0.25, 0.3) is 0 Å². The Kier molecular flexibility index (Phi) is 3.91. The lowest BCUT2D eigenvalue weighted by molar-refractivity contribution is -0.139. The third-order valence-corrected chi connectivity index (χ3v) is 2.83. The van der Waals surface area contributed by atoms with Crippen LogP contribution in [0.5, 0.6) is 0 Å². The minimum atomic E-state index is -1.09. The lowest BCUT2D eigenvalue weighted by Crippen LogP contribution is -2.40. The summed E-state index contributed by atoms with van der Waals surface area (Å²) in [5, 5.41) is 8.79. The number of hydrogen-bond donors (Lipinski definition) is 3. The van der Waals surface area contributed by atoms with Crippen molar-refractivity contribution in [2.24, 2.45) is 11.5 Å². The summed E-state index contributed by atoms with van der Waals surface area (Å²) in [5.74, 6) is -1.09. The van der Waals surface area contributed by atoms with E-state index in [-0.39, 0.29) is 5.41 Å². The molecule has 0 aromatic heterocycles. The standard InChI is InChI=1S/C13H20N2O2/c1-13(2,3)9-6-4-8(5-7-9)10(14)11(15)12(16)17/h4-7,10-11H,14-15H2,1-3H3,(H,16,17). The Balaban J connectivity index is 2.92. The first-order valence-electron chi connectivity index (χ1n) is 5.58. The zero-order valence-corrected chi connectivity index (χ0v) is 10.5. The summed E-state index contributed by atoms with van der Waals surface area (Å²) in [7, 11) is 0. The normalized spacial score (nSPS) is 15.4. The molecule has 0 bridgehead atoms. The van der Waals surface area contributed by atoms with Crippen LogP contribution in [0.4, 0.5) is 0 Å². The first kappa shape index (κ1) is 13.7. The minimum absolute atomic E-state index is 0.0670. The maximum atomic E-state index is 10.7. The van der Waals surface area contributed by atoms with Crippen molar-refractivity contribution in [3.05, 3.63) is 35.4 Å². The number of aliphatic carboxylic acids is 1. The number of carboxylic acids is 1. The molecular formula is C13H20N2O2. The van der Waals surface area contributed by atoms with E-state index in [1.807, 2.05) is 24.3 Å². The van der Waals surface area contributed by atoms with Crippen molar-refractivity contribution in [2.45, 2.75) is 38.3 Å². The molecule has 5 N–H and O–H groups in total. The first-order chi connectivity index (χ1) is 7.73. The van der Waals surface area contributed by atoms with Gasteiger partial charge in [0.05, 0.1) is 6.04 Å². The van der Waals surface area contributed by atoms with Crippen molar-refractivity contribution in [3.8, 4) is 0 Å². The lowest BCUT2D eigenvalue weighted by atomic mass is 9.86. The van der Waals surface area contributed by atoms with Crippen LogP contribution in [0, 0.1) is 0 Å². The van der Waals surface area contributed by atoms with Gasteiger partial charge in [0, 0.05) is 0 Å². The second-order valence-electron chi connectivity index (χ2n) is 5.26. The van der Waals surface area contributed by atoms with E-state index < -0.39 is 18.1 Å². The van der Waals surface area contributed by atoms with Gasteiger partial charge in [-0.3, -0.25) is 4.79 Å². The SMILES string of the molecule is CC(C)(C)c1ccc(C(N)C(N)C(=O)O)cc1. The molecule has 0 saturated carbocycles. The molecule has 4 nitrogen and oxygen atoms in total. The van der Waals surface area contributed by atoms with E-state index in [4.69, 9.17) is 16.6 Å². The van der Waals surface area contributed by atoms with Gasteiger partial charge in [-0.1, -0.05) is 45.0 Å². The summed E-state index contributed by atoms with van der Waals surface area (Å²) in [6.45, 7) is 6.35. The summed E-state index contributed by atoms with van der Waals surface area (Å²) < 4.78 is 0. The van der Waals surface area contributed by atoms with Crippen LogP contribution in [0.15, 0.2) is 24.3 Å². The third kappa shape index (κ3) is 3.28. The maximum Gasteiger partial charge on any atom is 0.322 e. The molecule has 0 spiro atoms. The number of hydrogen-bond acceptors (Lipinski definition) is 3. The van der Waals surface area contributed by atoms with Crippen LogP contribution in [0.1, 0.15) is 37.9 Å². The molecule has 1 aromatic carbocycles. The summed E-state index contributed by atoms with van der Waals surface area (Å²) in [5.41, 5.74) is 13.3. The van der Waals surface area contributed by atoms with Gasteiger partial charge in [-0.25, -0.2) is 0 Å². The fourth-order valence-electron chi connectivity index (χ4n) is 1.57. The quantitative estimate of drug-likeness (QED) is 0.740. The van der Waals surface area contributed by atoms with Crippen LogP contribution in [0.2, 0.25) is 0 Å². The number of benzene rings is 1. The fraction of sp³-hybridized carbons (Fsp3) is 0.462. The summed E-state index contributed by atoms with van der Waals surface area (Å²) in [6.07, 6.45) is 0. The van der Waals surface area contributed by atoms with Crippen molar-refractivity contribution in [1.29, 1.82) is 0 Å². The van der Waals surface area contributed by atoms with E-state index in [9.17, 15) is 4.79 Å². The van der Waals surface area contributed by atoms with E-state index >= 15 is 0 Å². The molecule has 2 unspecified atom stereocenters. The van der Waals surface area contributed by atoms with Crippen LogP contribution in [-0.4, -0.2) is 17.1 Å². The van der Waals surface area contributed by atoms with E-state index in [1.165, 1.54) is 5.56 Å². The van der Waals surface area contributed by atoms with Crippen molar-refractivity contribution >= 4 is 5.97 Å². The van der Waals surface area contributed by atoms with Crippen molar-refractivity contribution in [1.82, 2.24) is 0 Å². The maximum absolute atomic E-state index is 10.7. The largest absolute Gasteiger partial charge is 0.480 e. The molecule has 94 valence electrons. The van der Waals surface area contributed by atoms with Gasteiger partial charge in [-0.15, -0.1) is 0 Å². The molecule has 4 heteroatoms. The molecule has 1 aromatic rings. The highest BCUT2D eigenvalue weighted by molar-refractivity contribution is 5.74. The predicted molar refractivity (Wildman–Crippen MR) is 67.7 cm³/mol. The van der Waals surface area contributed by atoms with Crippen LogP contribution < -0.4 is 11.5 Å². The fourth-order valence-corrected chi connectivity index (χ4v) is 1.57. The monoisotopic (exact) mass is 236 g/mol. The van der Waals surface area contributed by atoms with Crippen LogP contribution in [0.3, 0.4) is 0 Å². The highest BCUT2D eigenvalue weighted by atomic mass is 16.4. The van der Waals surface area contributed by atoms with Gasteiger partial charge in [0.2, 0.25) is 0 Å². The zero-order valence-electron chi connectivity index (χ0n) is 10.5. The number of rotatable bonds is 3. The number of carboxylic acid groups (broad SMARTS) is 1. The van der Waals surface area contributed by atoms with E-state index in [1.54, 1.807) is 0 Å². The Morgan fingerprint density at radius 3 is 2.00 bits per heavy atom. The number of nitrogens with two attached hydrogens (primary N) is 2. The van der Waals surface area contributed by atoms with Crippen molar-refractivity contribution < 1.29 is 9.90 Å². The summed E-state index contributed by atoms with van der Waals surface area (Å²) >= 11 is 0. The van der Waals surface area contributed by atoms with Gasteiger partial charge in [0.1, 0.15) is 6.04 Å². The molecule has 2 atom stereocenters. The zero-order chi connectivity index (χ0) is 13.2. The average molecular weight is 236 g/mol. The summed E-state index contributed by atoms with van der Waals surface area (Å²) in [4.78, 5) is 10.7. The Morgan fingerprint density at radius 2 is 1.65 bits per heavy atom. The molecule has 0 aliphatic heterocycles. The van der Waals surface area contributed by atoms with Gasteiger partial charge >= 0.3 is 5.97 Å². The molecule has 0 amide bonds. The molecule has 1 rings (SSSR count). The molecule has 0 heterocycles. The molecule has 0 fully saturated rings. The van der Waals surface area contributed by atoms with E-state index in [2.05, 4.69) is 20.8 Å². The molecular weight excluding hydrogens is 216 g/mol. The smallest absolute Gasteiger partial charge is 0.322 e. The van der Waals surface area contributed by atoms with Crippen molar-refractivity contribution in [2.75, 3.05) is 0 Å². The Hall–Kier alpha value is -1.39. The predicted octanol–water partition coefficient (Wildman–Crippen LogP) is 1.40. The first-order valence-corrected chi connectivity index (χ1v) is 5.58. The van der Waals surface area contributed by atoms with Gasteiger partial charge in [-0.2, -0.15) is 0 Å². The average Bonchev–Trinajstić information content (AvgIpc) is 2.26. The minimum Gasteiger partial charge on any atom is -0.480 e. The molecule has 17 heavy (non-hydrogen) atoms. The third-order valence-electron chi connectivity index (χ3n) is 2.83. The molecule has 0 radical (unpaired) electrons.